The summed E-state index contributed by atoms with van der Waals surface area (Å²) >= 11 is 0. The average molecular weight is 306 g/mol. The molecule has 114 valence electrons. The molecule has 0 bridgehead atoms. The summed E-state index contributed by atoms with van der Waals surface area (Å²) < 4.78 is 4.62. The van der Waals surface area contributed by atoms with Crippen molar-refractivity contribution in [3.8, 4) is 6.07 Å². The molecule has 5 nitrogen and oxygen atoms in total. The molecule has 0 spiro atoms. The van der Waals surface area contributed by atoms with Gasteiger partial charge in [-0.25, -0.2) is 4.79 Å². The van der Waals surface area contributed by atoms with Gasteiger partial charge in [-0.2, -0.15) is 5.26 Å². The quantitative estimate of drug-likeness (QED) is 0.695. The van der Waals surface area contributed by atoms with E-state index in [1.165, 1.54) is 13.2 Å². The standard InChI is InChI=1S/C18H14N2O3/c1-23-18(22)15-7-2-13(3-8-15)6-11-17(21)20-16-9-4-14(12-19)5-10-16/h2-11H,1H3,(H,20,21)/b11-6+. The summed E-state index contributed by atoms with van der Waals surface area (Å²) in [5, 5.41) is 11.4. The predicted octanol–water partition coefficient (Wildman–Crippen LogP) is 3.00. The summed E-state index contributed by atoms with van der Waals surface area (Å²) in [6.45, 7) is 0. The van der Waals surface area contributed by atoms with E-state index in [9.17, 15) is 9.59 Å². The lowest BCUT2D eigenvalue weighted by molar-refractivity contribution is -0.111. The van der Waals surface area contributed by atoms with Crippen LogP contribution >= 0.6 is 0 Å². The smallest absolute Gasteiger partial charge is 0.337 e. The first kappa shape index (κ1) is 16.0. The normalized spacial score (nSPS) is 10.1. The number of rotatable bonds is 4. The van der Waals surface area contributed by atoms with Crippen LogP contribution in [0.25, 0.3) is 6.08 Å². The first-order valence-corrected chi connectivity index (χ1v) is 6.80. The van der Waals surface area contributed by atoms with Gasteiger partial charge < -0.3 is 10.1 Å². The Balaban J connectivity index is 1.97. The highest BCUT2D eigenvalue weighted by Gasteiger charge is 2.03. The van der Waals surface area contributed by atoms with Crippen LogP contribution in [-0.2, 0) is 9.53 Å². The predicted molar refractivity (Wildman–Crippen MR) is 86.6 cm³/mol. The maximum absolute atomic E-state index is 11.8. The van der Waals surface area contributed by atoms with Crippen LogP contribution in [-0.4, -0.2) is 19.0 Å². The van der Waals surface area contributed by atoms with Crippen LogP contribution in [0, 0.1) is 11.3 Å². The molecule has 0 fully saturated rings. The topological polar surface area (TPSA) is 79.2 Å². The number of carbonyl (C=O) groups is 2. The second-order valence-corrected chi connectivity index (χ2v) is 4.63. The van der Waals surface area contributed by atoms with Gasteiger partial charge in [0.15, 0.2) is 0 Å². The summed E-state index contributed by atoms with van der Waals surface area (Å²) in [5.74, 6) is -0.689. The summed E-state index contributed by atoms with van der Waals surface area (Å²) in [6.07, 6.45) is 3.03. The van der Waals surface area contributed by atoms with Crippen LogP contribution < -0.4 is 5.32 Å². The third-order valence-electron chi connectivity index (χ3n) is 3.04. The molecule has 0 aliphatic rings. The minimum Gasteiger partial charge on any atom is -0.465 e. The number of hydrogen-bond donors (Lipinski definition) is 1. The number of carbonyl (C=O) groups excluding carboxylic acids is 2. The zero-order chi connectivity index (χ0) is 16.7. The van der Waals surface area contributed by atoms with Gasteiger partial charge >= 0.3 is 5.97 Å². The first-order chi connectivity index (χ1) is 11.1. The number of nitrogens with zero attached hydrogens (tertiary/aromatic N) is 1. The molecule has 0 heterocycles. The van der Waals surface area contributed by atoms with Gasteiger partial charge in [0.25, 0.3) is 0 Å². The SMILES string of the molecule is COC(=O)c1ccc(/C=C/C(=O)Nc2ccc(C#N)cc2)cc1. The minimum absolute atomic E-state index is 0.285. The largest absolute Gasteiger partial charge is 0.465 e. The van der Waals surface area contributed by atoms with Gasteiger partial charge in [0.05, 0.1) is 24.3 Å². The third kappa shape index (κ3) is 4.55. The van der Waals surface area contributed by atoms with E-state index in [-0.39, 0.29) is 5.91 Å². The summed E-state index contributed by atoms with van der Waals surface area (Å²) in [5.41, 5.74) is 2.38. The van der Waals surface area contributed by atoms with Crippen molar-refractivity contribution < 1.29 is 14.3 Å². The zero-order valence-corrected chi connectivity index (χ0v) is 12.4. The van der Waals surface area contributed by atoms with E-state index in [2.05, 4.69) is 10.1 Å². The maximum atomic E-state index is 11.8. The van der Waals surface area contributed by atoms with Crippen LogP contribution in [0.15, 0.2) is 54.6 Å². The third-order valence-corrected chi connectivity index (χ3v) is 3.04. The van der Waals surface area contributed by atoms with Crippen molar-refractivity contribution in [2.75, 3.05) is 12.4 Å². The number of benzene rings is 2. The van der Waals surface area contributed by atoms with Crippen LogP contribution in [0.3, 0.4) is 0 Å². The van der Waals surface area contributed by atoms with Crippen LogP contribution in [0.5, 0.6) is 0 Å². The molecule has 23 heavy (non-hydrogen) atoms. The number of ether oxygens (including phenoxy) is 1. The van der Waals surface area contributed by atoms with Crippen LogP contribution in [0.1, 0.15) is 21.5 Å². The van der Waals surface area contributed by atoms with E-state index in [1.807, 2.05) is 6.07 Å². The van der Waals surface area contributed by atoms with Gasteiger partial charge in [-0.3, -0.25) is 4.79 Å². The van der Waals surface area contributed by atoms with E-state index in [0.29, 0.717) is 16.8 Å². The number of nitriles is 1. The van der Waals surface area contributed by atoms with E-state index < -0.39 is 5.97 Å². The Morgan fingerprint density at radius 1 is 1.09 bits per heavy atom. The van der Waals surface area contributed by atoms with E-state index in [0.717, 1.165) is 5.56 Å². The zero-order valence-electron chi connectivity index (χ0n) is 12.4. The number of amides is 1. The van der Waals surface area contributed by atoms with Gasteiger partial charge in [0.2, 0.25) is 5.91 Å². The molecule has 5 heteroatoms. The second-order valence-electron chi connectivity index (χ2n) is 4.63. The van der Waals surface area contributed by atoms with Crippen molar-refractivity contribution in [3.05, 3.63) is 71.3 Å². The number of methoxy groups -OCH3 is 1. The van der Waals surface area contributed by atoms with Crippen molar-refractivity contribution in [2.24, 2.45) is 0 Å². The van der Waals surface area contributed by atoms with E-state index in [1.54, 1.807) is 54.6 Å². The minimum atomic E-state index is -0.404. The fourth-order valence-corrected chi connectivity index (χ4v) is 1.83. The van der Waals surface area contributed by atoms with Crippen molar-refractivity contribution >= 4 is 23.6 Å². The van der Waals surface area contributed by atoms with Crippen molar-refractivity contribution in [1.82, 2.24) is 0 Å². The molecule has 2 aromatic rings. The number of hydrogen-bond acceptors (Lipinski definition) is 4. The van der Waals surface area contributed by atoms with Gasteiger partial charge in [0.1, 0.15) is 0 Å². The summed E-state index contributed by atoms with van der Waals surface area (Å²) in [4.78, 5) is 23.1. The van der Waals surface area contributed by atoms with Gasteiger partial charge in [-0.1, -0.05) is 12.1 Å². The molecule has 0 aromatic heterocycles. The summed E-state index contributed by atoms with van der Waals surface area (Å²) in [6, 6.07) is 15.3. The Labute approximate surface area is 133 Å². The van der Waals surface area contributed by atoms with Crippen molar-refractivity contribution in [1.29, 1.82) is 5.26 Å². The van der Waals surface area contributed by atoms with E-state index >= 15 is 0 Å². The number of nitrogens with one attached hydrogen (secondary N) is 1. The van der Waals surface area contributed by atoms with Crippen LogP contribution in [0.2, 0.25) is 0 Å². The number of esters is 1. The Kier molecular flexibility index (Phi) is 5.26. The van der Waals surface area contributed by atoms with Gasteiger partial charge in [-0.15, -0.1) is 0 Å². The highest BCUT2D eigenvalue weighted by molar-refractivity contribution is 6.02. The molecular formula is C18H14N2O3. The second kappa shape index (κ2) is 7.57. The van der Waals surface area contributed by atoms with Crippen molar-refractivity contribution in [2.45, 2.75) is 0 Å². The molecule has 0 saturated heterocycles. The van der Waals surface area contributed by atoms with Gasteiger partial charge in [-0.05, 0) is 48.0 Å². The highest BCUT2D eigenvalue weighted by Crippen LogP contribution is 2.10. The highest BCUT2D eigenvalue weighted by atomic mass is 16.5. The Morgan fingerprint density at radius 3 is 2.30 bits per heavy atom. The molecule has 0 aliphatic carbocycles. The van der Waals surface area contributed by atoms with Crippen LogP contribution in [0.4, 0.5) is 5.69 Å². The fraction of sp³-hybridized carbons (Fsp3) is 0.0556. The lowest BCUT2D eigenvalue weighted by Crippen LogP contribution is -2.07. The molecule has 0 aliphatic heterocycles. The molecule has 2 aromatic carbocycles. The number of anilines is 1. The molecular weight excluding hydrogens is 292 g/mol. The maximum Gasteiger partial charge on any atom is 0.337 e. The molecule has 0 saturated carbocycles. The monoisotopic (exact) mass is 306 g/mol. The molecule has 0 radical (unpaired) electrons. The molecule has 0 atom stereocenters. The van der Waals surface area contributed by atoms with Crippen molar-refractivity contribution in [3.63, 3.8) is 0 Å². The van der Waals surface area contributed by atoms with E-state index in [4.69, 9.17) is 5.26 Å². The fourth-order valence-electron chi connectivity index (χ4n) is 1.83. The Morgan fingerprint density at radius 2 is 1.74 bits per heavy atom. The molecule has 1 N–H and O–H groups in total. The molecule has 1 amide bonds. The molecule has 0 unspecified atom stereocenters. The Hall–Kier alpha value is -3.39. The molecule has 2 rings (SSSR count). The Bertz CT molecular complexity index is 769. The summed E-state index contributed by atoms with van der Waals surface area (Å²) in [7, 11) is 1.32. The lowest BCUT2D eigenvalue weighted by Gasteiger charge is -2.02. The average Bonchev–Trinajstić information content (AvgIpc) is 2.60. The van der Waals surface area contributed by atoms with Gasteiger partial charge in [0, 0.05) is 11.8 Å². The lowest BCUT2D eigenvalue weighted by atomic mass is 10.1. The first-order valence-electron chi connectivity index (χ1n) is 6.80.